The first-order valence-electron chi connectivity index (χ1n) is 8.74. The maximum absolute atomic E-state index is 14.4. The van der Waals surface area contributed by atoms with Gasteiger partial charge in [0.15, 0.2) is 0 Å². The van der Waals surface area contributed by atoms with E-state index in [2.05, 4.69) is 0 Å². The first-order valence-corrected chi connectivity index (χ1v) is 9.55. The molecule has 146 valence electrons. The smallest absolute Gasteiger partial charge is 0.348 e. The van der Waals surface area contributed by atoms with Crippen LogP contribution in [0.2, 0.25) is 0 Å². The number of esters is 2. The fraction of sp³-hybridized carbons (Fsp3) is 0.238. The number of fused-ring (bicyclic) bond motifs is 1. The van der Waals surface area contributed by atoms with Gasteiger partial charge >= 0.3 is 11.9 Å². The van der Waals surface area contributed by atoms with Crippen LogP contribution in [0.15, 0.2) is 42.5 Å². The molecule has 0 bridgehead atoms. The molecule has 0 atom stereocenters. The van der Waals surface area contributed by atoms with E-state index in [0.29, 0.717) is 15.8 Å². The van der Waals surface area contributed by atoms with Crippen molar-refractivity contribution in [1.29, 1.82) is 0 Å². The predicted molar refractivity (Wildman–Crippen MR) is 108 cm³/mol. The van der Waals surface area contributed by atoms with Crippen LogP contribution in [-0.2, 0) is 16.1 Å². The quantitative estimate of drug-likeness (QED) is 0.563. The molecule has 3 rings (SSSR count). The van der Waals surface area contributed by atoms with Gasteiger partial charge in [-0.1, -0.05) is 12.1 Å². The number of hydrogen-bond donors (Lipinski definition) is 0. The number of anilines is 1. The van der Waals surface area contributed by atoms with Gasteiger partial charge in [0.2, 0.25) is 0 Å². The Labute approximate surface area is 166 Å². The van der Waals surface area contributed by atoms with Crippen molar-refractivity contribution in [1.82, 2.24) is 0 Å². The Bertz CT molecular complexity index is 1030. The zero-order valence-electron chi connectivity index (χ0n) is 15.8. The van der Waals surface area contributed by atoms with E-state index in [1.807, 2.05) is 25.1 Å². The molecule has 0 amide bonds. The molecule has 0 aliphatic rings. The lowest BCUT2D eigenvalue weighted by Crippen LogP contribution is -2.12. The second-order valence-corrected chi connectivity index (χ2v) is 7.32. The van der Waals surface area contributed by atoms with E-state index in [9.17, 15) is 14.0 Å². The molecular weight excluding hydrogens is 381 g/mol. The summed E-state index contributed by atoms with van der Waals surface area (Å²) in [7, 11) is 3.74. The highest BCUT2D eigenvalue weighted by atomic mass is 32.1. The summed E-state index contributed by atoms with van der Waals surface area (Å²) < 4.78 is 25.5. The van der Waals surface area contributed by atoms with Crippen LogP contribution < -0.4 is 4.90 Å². The van der Waals surface area contributed by atoms with Crippen LogP contribution in [0.4, 0.5) is 10.1 Å². The van der Waals surface area contributed by atoms with E-state index in [1.165, 1.54) is 6.07 Å². The number of hydrogen-bond acceptors (Lipinski definition) is 6. The van der Waals surface area contributed by atoms with Crippen LogP contribution in [0.5, 0.6) is 0 Å². The van der Waals surface area contributed by atoms with E-state index in [-0.39, 0.29) is 23.5 Å². The number of halogens is 1. The Morgan fingerprint density at radius 1 is 1.07 bits per heavy atom. The lowest BCUT2D eigenvalue weighted by molar-refractivity contribution is 0.0454. The second kappa shape index (κ2) is 8.39. The van der Waals surface area contributed by atoms with E-state index >= 15 is 0 Å². The zero-order chi connectivity index (χ0) is 20.3. The van der Waals surface area contributed by atoms with Gasteiger partial charge in [0, 0.05) is 35.4 Å². The lowest BCUT2D eigenvalue weighted by atomic mass is 10.1. The molecule has 0 saturated carbocycles. The molecule has 0 radical (unpaired) electrons. The number of thiophene rings is 1. The summed E-state index contributed by atoms with van der Waals surface area (Å²) in [5.74, 6) is -1.57. The summed E-state index contributed by atoms with van der Waals surface area (Å²) in [6, 6.07) is 11.6. The van der Waals surface area contributed by atoms with Crippen LogP contribution in [0.3, 0.4) is 0 Å². The Morgan fingerprint density at radius 2 is 1.82 bits per heavy atom. The van der Waals surface area contributed by atoms with Gasteiger partial charge in [-0.2, -0.15) is 0 Å². The van der Waals surface area contributed by atoms with Crippen molar-refractivity contribution in [3.63, 3.8) is 0 Å². The largest absolute Gasteiger partial charge is 0.462 e. The van der Waals surface area contributed by atoms with Crippen molar-refractivity contribution in [2.75, 3.05) is 25.6 Å². The Morgan fingerprint density at radius 3 is 2.54 bits per heavy atom. The molecule has 3 aromatic rings. The van der Waals surface area contributed by atoms with Gasteiger partial charge in [-0.3, -0.25) is 0 Å². The predicted octanol–water partition coefficient (Wildman–Crippen LogP) is 4.64. The van der Waals surface area contributed by atoms with Crippen molar-refractivity contribution in [2.45, 2.75) is 13.5 Å². The molecule has 1 heterocycles. The molecule has 28 heavy (non-hydrogen) atoms. The van der Waals surface area contributed by atoms with Crippen LogP contribution >= 0.6 is 11.3 Å². The fourth-order valence-corrected chi connectivity index (χ4v) is 3.91. The lowest BCUT2D eigenvalue weighted by Gasteiger charge is -2.13. The summed E-state index contributed by atoms with van der Waals surface area (Å²) in [6.07, 6.45) is 0. The average molecular weight is 401 g/mol. The Balaban J connectivity index is 1.91. The standard InChI is InChI=1S/C21H20FNO4S/c1-4-26-21(25)19-15(18-16(22)9-6-10-17(18)28-19)12-27-20(24)13-7-5-8-14(11-13)23(2)3/h5-11H,4,12H2,1-3H3. The fourth-order valence-electron chi connectivity index (χ4n) is 2.80. The van der Waals surface area contributed by atoms with Crippen LogP contribution in [-0.4, -0.2) is 32.6 Å². The number of carbonyl (C=O) groups is 2. The molecule has 0 aliphatic heterocycles. The van der Waals surface area contributed by atoms with Crippen LogP contribution in [0, 0.1) is 5.82 Å². The molecule has 0 N–H and O–H groups in total. The Hall–Kier alpha value is -2.93. The number of rotatable bonds is 6. The van der Waals surface area contributed by atoms with E-state index < -0.39 is 17.8 Å². The first-order chi connectivity index (χ1) is 13.4. The minimum atomic E-state index is -0.552. The summed E-state index contributed by atoms with van der Waals surface area (Å²) in [5.41, 5.74) is 1.56. The topological polar surface area (TPSA) is 55.8 Å². The first kappa shape index (κ1) is 19.8. The number of carbonyl (C=O) groups excluding carboxylic acids is 2. The Kier molecular flexibility index (Phi) is 5.94. The van der Waals surface area contributed by atoms with Crippen molar-refractivity contribution in [3.05, 3.63) is 64.3 Å². The van der Waals surface area contributed by atoms with Gasteiger partial charge in [-0.25, -0.2) is 14.0 Å². The van der Waals surface area contributed by atoms with Crippen molar-refractivity contribution >= 4 is 39.0 Å². The van der Waals surface area contributed by atoms with Crippen molar-refractivity contribution in [3.8, 4) is 0 Å². The summed E-state index contributed by atoms with van der Waals surface area (Å²) in [6.45, 7) is 1.68. The van der Waals surface area contributed by atoms with Crippen LogP contribution in [0.25, 0.3) is 10.1 Å². The maximum atomic E-state index is 14.4. The minimum Gasteiger partial charge on any atom is -0.462 e. The van der Waals surface area contributed by atoms with Gasteiger partial charge in [0.1, 0.15) is 17.3 Å². The van der Waals surface area contributed by atoms with E-state index in [1.54, 1.807) is 37.3 Å². The maximum Gasteiger partial charge on any atom is 0.348 e. The minimum absolute atomic E-state index is 0.201. The monoisotopic (exact) mass is 401 g/mol. The molecule has 7 heteroatoms. The molecule has 0 aliphatic carbocycles. The number of nitrogens with zero attached hydrogens (tertiary/aromatic N) is 1. The summed E-state index contributed by atoms with van der Waals surface area (Å²) in [5, 5.41) is 0.283. The highest BCUT2D eigenvalue weighted by Gasteiger charge is 2.23. The SMILES string of the molecule is CCOC(=O)c1sc2cccc(F)c2c1COC(=O)c1cccc(N(C)C)c1. The molecule has 0 unspecified atom stereocenters. The molecule has 5 nitrogen and oxygen atoms in total. The summed E-state index contributed by atoms with van der Waals surface area (Å²) in [4.78, 5) is 26.9. The van der Waals surface area contributed by atoms with Gasteiger partial charge in [-0.05, 0) is 37.3 Å². The number of ether oxygens (including phenoxy) is 2. The van der Waals surface area contributed by atoms with Crippen LogP contribution in [0.1, 0.15) is 32.5 Å². The van der Waals surface area contributed by atoms with Gasteiger partial charge in [0.25, 0.3) is 0 Å². The molecule has 0 spiro atoms. The molecule has 0 saturated heterocycles. The zero-order valence-corrected chi connectivity index (χ0v) is 16.6. The second-order valence-electron chi connectivity index (χ2n) is 6.26. The third-order valence-electron chi connectivity index (χ3n) is 4.17. The third-order valence-corrected chi connectivity index (χ3v) is 5.35. The van der Waals surface area contributed by atoms with Gasteiger partial charge < -0.3 is 14.4 Å². The normalized spacial score (nSPS) is 10.7. The molecule has 0 fully saturated rings. The molecule has 1 aromatic heterocycles. The highest BCUT2D eigenvalue weighted by molar-refractivity contribution is 7.21. The van der Waals surface area contributed by atoms with Crippen molar-refractivity contribution in [2.24, 2.45) is 0 Å². The highest BCUT2D eigenvalue weighted by Crippen LogP contribution is 2.34. The van der Waals surface area contributed by atoms with E-state index in [0.717, 1.165) is 17.0 Å². The third kappa shape index (κ3) is 3.99. The molecular formula is C21H20FNO4S. The number of benzene rings is 2. The van der Waals surface area contributed by atoms with Gasteiger partial charge in [-0.15, -0.1) is 11.3 Å². The van der Waals surface area contributed by atoms with Crippen molar-refractivity contribution < 1.29 is 23.5 Å². The van der Waals surface area contributed by atoms with Gasteiger partial charge in [0.05, 0.1) is 12.2 Å². The van der Waals surface area contributed by atoms with E-state index in [4.69, 9.17) is 9.47 Å². The summed E-state index contributed by atoms with van der Waals surface area (Å²) >= 11 is 1.13. The molecule has 2 aromatic carbocycles. The average Bonchev–Trinajstić information content (AvgIpc) is 3.06.